The van der Waals surface area contributed by atoms with Crippen molar-refractivity contribution in [3.8, 4) is 11.1 Å². The molecule has 3 rings (SSSR count). The van der Waals surface area contributed by atoms with Gasteiger partial charge in [0.15, 0.2) is 0 Å². The third kappa shape index (κ3) is 2.34. The van der Waals surface area contributed by atoms with E-state index in [0.717, 1.165) is 24.9 Å². The van der Waals surface area contributed by atoms with Crippen molar-refractivity contribution in [3.05, 3.63) is 58.4 Å². The summed E-state index contributed by atoms with van der Waals surface area (Å²) in [5.41, 5.74) is 4.21. The summed E-state index contributed by atoms with van der Waals surface area (Å²) in [4.78, 5) is 0. The lowest BCUT2D eigenvalue weighted by molar-refractivity contribution is 0.549. The van der Waals surface area contributed by atoms with Crippen LogP contribution in [0.1, 0.15) is 30.5 Å². The van der Waals surface area contributed by atoms with Gasteiger partial charge in [-0.2, -0.15) is 0 Å². The van der Waals surface area contributed by atoms with Crippen molar-refractivity contribution in [2.24, 2.45) is 0 Å². The Hall–Kier alpha value is -1.38. The van der Waals surface area contributed by atoms with Crippen molar-refractivity contribution in [1.82, 2.24) is 5.32 Å². The fraction of sp³-hybridized carbons (Fsp3) is 0.294. The average Bonchev–Trinajstić information content (AvgIpc) is 2.83. The summed E-state index contributed by atoms with van der Waals surface area (Å²) in [5, 5.41) is 3.92. The van der Waals surface area contributed by atoms with E-state index in [1.807, 2.05) is 12.1 Å². The minimum absolute atomic E-state index is 0.252. The minimum Gasteiger partial charge on any atom is -0.310 e. The standard InChI is InChI=1S/C17H17ClFN/c1-2-20-17-9-8-13-12(4-3-5-15(13)17)14-7-6-11(18)10-16(14)19/h3-7,10,17,20H,2,8-9H2,1H3. The number of hydrogen-bond acceptors (Lipinski definition) is 1. The maximum absolute atomic E-state index is 14.1. The molecular weight excluding hydrogens is 273 g/mol. The minimum atomic E-state index is -0.252. The van der Waals surface area contributed by atoms with Crippen LogP contribution in [0.3, 0.4) is 0 Å². The predicted molar refractivity (Wildman–Crippen MR) is 81.6 cm³/mol. The molecule has 1 unspecified atom stereocenters. The molecule has 1 aliphatic rings. The third-order valence-corrected chi connectivity index (χ3v) is 4.18. The summed E-state index contributed by atoms with van der Waals surface area (Å²) in [6, 6.07) is 11.5. The van der Waals surface area contributed by atoms with Crippen LogP contribution in [0.25, 0.3) is 11.1 Å². The van der Waals surface area contributed by atoms with Crippen molar-refractivity contribution in [3.63, 3.8) is 0 Å². The number of nitrogens with one attached hydrogen (secondary N) is 1. The molecule has 0 bridgehead atoms. The Labute approximate surface area is 123 Å². The van der Waals surface area contributed by atoms with Crippen LogP contribution in [-0.4, -0.2) is 6.54 Å². The molecule has 0 radical (unpaired) electrons. The van der Waals surface area contributed by atoms with E-state index in [1.165, 1.54) is 17.2 Å². The van der Waals surface area contributed by atoms with Gasteiger partial charge in [0.25, 0.3) is 0 Å². The third-order valence-electron chi connectivity index (χ3n) is 3.94. The Morgan fingerprint density at radius 1 is 1.25 bits per heavy atom. The summed E-state index contributed by atoms with van der Waals surface area (Å²) < 4.78 is 14.1. The molecule has 1 nitrogen and oxygen atoms in total. The molecular formula is C17H17ClFN. The molecule has 0 saturated heterocycles. The molecule has 3 heteroatoms. The van der Waals surface area contributed by atoms with Crippen molar-refractivity contribution >= 4 is 11.6 Å². The quantitative estimate of drug-likeness (QED) is 0.860. The number of hydrogen-bond donors (Lipinski definition) is 1. The highest BCUT2D eigenvalue weighted by atomic mass is 35.5. The Morgan fingerprint density at radius 3 is 2.85 bits per heavy atom. The molecule has 0 amide bonds. The summed E-state index contributed by atoms with van der Waals surface area (Å²) in [6.45, 7) is 3.06. The van der Waals surface area contributed by atoms with Crippen LogP contribution in [0.15, 0.2) is 36.4 Å². The summed E-state index contributed by atoms with van der Waals surface area (Å²) >= 11 is 5.84. The van der Waals surface area contributed by atoms with Gasteiger partial charge in [0.2, 0.25) is 0 Å². The van der Waals surface area contributed by atoms with Gasteiger partial charge in [0, 0.05) is 16.6 Å². The molecule has 1 N–H and O–H groups in total. The first-order valence-electron chi connectivity index (χ1n) is 7.01. The zero-order chi connectivity index (χ0) is 14.1. The van der Waals surface area contributed by atoms with Gasteiger partial charge in [-0.25, -0.2) is 4.39 Å². The number of fused-ring (bicyclic) bond motifs is 1. The lowest BCUT2D eigenvalue weighted by Gasteiger charge is -2.14. The largest absolute Gasteiger partial charge is 0.310 e. The topological polar surface area (TPSA) is 12.0 Å². The van der Waals surface area contributed by atoms with Crippen LogP contribution < -0.4 is 5.32 Å². The first-order valence-corrected chi connectivity index (χ1v) is 7.39. The summed E-state index contributed by atoms with van der Waals surface area (Å²) in [6.07, 6.45) is 2.07. The van der Waals surface area contributed by atoms with E-state index in [-0.39, 0.29) is 5.82 Å². The van der Waals surface area contributed by atoms with Crippen molar-refractivity contribution in [1.29, 1.82) is 0 Å². The van der Waals surface area contributed by atoms with Gasteiger partial charge < -0.3 is 5.32 Å². The highest BCUT2D eigenvalue weighted by molar-refractivity contribution is 6.30. The summed E-state index contributed by atoms with van der Waals surface area (Å²) in [5.74, 6) is -0.252. The normalized spacial score (nSPS) is 17.2. The molecule has 2 aromatic carbocycles. The smallest absolute Gasteiger partial charge is 0.132 e. The Bertz CT molecular complexity index is 639. The second-order valence-corrected chi connectivity index (χ2v) is 5.58. The Kier molecular flexibility index (Phi) is 3.77. The van der Waals surface area contributed by atoms with E-state index in [4.69, 9.17) is 11.6 Å². The molecule has 0 fully saturated rings. The number of halogens is 2. The second kappa shape index (κ2) is 5.55. The summed E-state index contributed by atoms with van der Waals surface area (Å²) in [7, 11) is 0. The molecule has 0 aliphatic heterocycles. The zero-order valence-corrected chi connectivity index (χ0v) is 12.2. The van der Waals surface area contributed by atoms with E-state index in [9.17, 15) is 4.39 Å². The highest BCUT2D eigenvalue weighted by Crippen LogP contribution is 2.38. The molecule has 0 saturated carbocycles. The Morgan fingerprint density at radius 2 is 2.10 bits per heavy atom. The lowest BCUT2D eigenvalue weighted by Crippen LogP contribution is -2.18. The molecule has 1 aliphatic carbocycles. The molecule has 2 aromatic rings. The van der Waals surface area contributed by atoms with E-state index in [0.29, 0.717) is 16.6 Å². The van der Waals surface area contributed by atoms with Gasteiger partial charge in [0.1, 0.15) is 5.82 Å². The monoisotopic (exact) mass is 289 g/mol. The van der Waals surface area contributed by atoms with Crippen LogP contribution in [0.4, 0.5) is 4.39 Å². The number of benzene rings is 2. The highest BCUT2D eigenvalue weighted by Gasteiger charge is 2.24. The fourth-order valence-corrected chi connectivity index (χ4v) is 3.23. The van der Waals surface area contributed by atoms with Gasteiger partial charge in [-0.05, 0) is 54.3 Å². The van der Waals surface area contributed by atoms with E-state index in [1.54, 1.807) is 12.1 Å². The van der Waals surface area contributed by atoms with Crippen LogP contribution >= 0.6 is 11.6 Å². The zero-order valence-electron chi connectivity index (χ0n) is 11.4. The molecule has 0 aromatic heterocycles. The molecule has 0 spiro atoms. The van der Waals surface area contributed by atoms with Gasteiger partial charge >= 0.3 is 0 Å². The molecule has 104 valence electrons. The van der Waals surface area contributed by atoms with Crippen LogP contribution in [0, 0.1) is 5.82 Å². The molecule has 1 atom stereocenters. The average molecular weight is 290 g/mol. The van der Waals surface area contributed by atoms with Crippen molar-refractivity contribution in [2.45, 2.75) is 25.8 Å². The fourth-order valence-electron chi connectivity index (χ4n) is 3.07. The van der Waals surface area contributed by atoms with E-state index >= 15 is 0 Å². The van der Waals surface area contributed by atoms with Crippen LogP contribution in [0.2, 0.25) is 5.02 Å². The van der Waals surface area contributed by atoms with Gasteiger partial charge in [-0.15, -0.1) is 0 Å². The molecule has 20 heavy (non-hydrogen) atoms. The second-order valence-electron chi connectivity index (χ2n) is 5.15. The van der Waals surface area contributed by atoms with E-state index in [2.05, 4.69) is 18.3 Å². The van der Waals surface area contributed by atoms with Gasteiger partial charge in [-0.3, -0.25) is 0 Å². The first kappa shape index (κ1) is 13.6. The number of rotatable bonds is 3. The first-order chi connectivity index (χ1) is 9.70. The maximum atomic E-state index is 14.1. The van der Waals surface area contributed by atoms with E-state index < -0.39 is 0 Å². The predicted octanol–water partition coefficient (Wildman–Crippen LogP) is 4.74. The molecule has 0 heterocycles. The van der Waals surface area contributed by atoms with Crippen molar-refractivity contribution < 1.29 is 4.39 Å². The maximum Gasteiger partial charge on any atom is 0.132 e. The van der Waals surface area contributed by atoms with Gasteiger partial charge in [-0.1, -0.05) is 36.7 Å². The van der Waals surface area contributed by atoms with Crippen LogP contribution in [0.5, 0.6) is 0 Å². The van der Waals surface area contributed by atoms with Crippen molar-refractivity contribution in [2.75, 3.05) is 6.54 Å². The van der Waals surface area contributed by atoms with Gasteiger partial charge in [0.05, 0.1) is 0 Å². The SMILES string of the molecule is CCNC1CCc2c(-c3ccc(Cl)cc3F)cccc21. The Balaban J connectivity index is 2.08. The lowest BCUT2D eigenvalue weighted by atomic mass is 9.96. The van der Waals surface area contributed by atoms with Crippen LogP contribution in [-0.2, 0) is 6.42 Å².